The van der Waals surface area contributed by atoms with E-state index in [-0.39, 0.29) is 16.1 Å². The number of amides is 1. The van der Waals surface area contributed by atoms with Gasteiger partial charge in [0.15, 0.2) is 11.5 Å². The zero-order valence-electron chi connectivity index (χ0n) is 18.5. The number of anilines is 2. The quantitative estimate of drug-likeness (QED) is 0.501. The van der Waals surface area contributed by atoms with Gasteiger partial charge in [-0.05, 0) is 48.5 Å². The number of hydrogen-bond donors (Lipinski definition) is 1. The molecule has 33 heavy (non-hydrogen) atoms. The predicted molar refractivity (Wildman–Crippen MR) is 128 cm³/mol. The molecule has 0 heterocycles. The van der Waals surface area contributed by atoms with Crippen molar-refractivity contribution >= 4 is 38.9 Å². The van der Waals surface area contributed by atoms with E-state index in [4.69, 9.17) is 25.8 Å². The van der Waals surface area contributed by atoms with Crippen LogP contribution in [0.3, 0.4) is 0 Å². The van der Waals surface area contributed by atoms with Gasteiger partial charge in [-0.3, -0.25) is 9.52 Å². The van der Waals surface area contributed by atoms with E-state index >= 15 is 0 Å². The van der Waals surface area contributed by atoms with E-state index in [2.05, 4.69) is 4.72 Å². The fraction of sp³-hybridized carbons (Fsp3) is 0.174. The average molecular weight is 491 g/mol. The van der Waals surface area contributed by atoms with Crippen LogP contribution in [-0.2, 0) is 10.0 Å². The number of carbonyl (C=O) groups is 1. The van der Waals surface area contributed by atoms with Crippen LogP contribution in [-0.4, -0.2) is 42.7 Å². The van der Waals surface area contributed by atoms with Gasteiger partial charge in [-0.2, -0.15) is 0 Å². The molecule has 0 radical (unpaired) electrons. The van der Waals surface area contributed by atoms with Crippen LogP contribution in [0.5, 0.6) is 17.2 Å². The smallest absolute Gasteiger partial charge is 0.262 e. The lowest BCUT2D eigenvalue weighted by molar-refractivity contribution is 0.0992. The Bertz CT molecular complexity index is 1280. The highest BCUT2D eigenvalue weighted by Crippen LogP contribution is 2.32. The highest BCUT2D eigenvalue weighted by molar-refractivity contribution is 7.92. The first-order chi connectivity index (χ1) is 15.7. The molecule has 0 saturated carbocycles. The topological polar surface area (TPSA) is 94.2 Å². The number of halogens is 1. The zero-order chi connectivity index (χ0) is 24.2. The number of methoxy groups -OCH3 is 3. The molecule has 0 aliphatic carbocycles. The molecule has 3 rings (SSSR count). The zero-order valence-corrected chi connectivity index (χ0v) is 20.0. The lowest BCUT2D eigenvalue weighted by Crippen LogP contribution is -2.26. The fourth-order valence-corrected chi connectivity index (χ4v) is 4.38. The Labute approximate surface area is 197 Å². The molecule has 8 nitrogen and oxygen atoms in total. The number of ether oxygens (including phenoxy) is 3. The summed E-state index contributed by atoms with van der Waals surface area (Å²) >= 11 is 5.99. The van der Waals surface area contributed by atoms with Crippen LogP contribution in [0.1, 0.15) is 10.4 Å². The van der Waals surface area contributed by atoms with E-state index in [0.29, 0.717) is 28.0 Å². The van der Waals surface area contributed by atoms with Crippen molar-refractivity contribution in [3.8, 4) is 17.2 Å². The Morgan fingerprint density at radius 2 is 1.55 bits per heavy atom. The van der Waals surface area contributed by atoms with Crippen molar-refractivity contribution < 1.29 is 27.4 Å². The van der Waals surface area contributed by atoms with Crippen LogP contribution in [0.15, 0.2) is 65.6 Å². The third-order valence-corrected chi connectivity index (χ3v) is 6.45. The Balaban J connectivity index is 1.90. The standard InChI is InChI=1S/C23H23ClN2O6S/c1-26(17-9-11-21(31-3)22(14-17)32-4)23(27)15-6-5-7-18(12-15)33(28,29)25-19-13-16(24)8-10-20(19)30-2/h5-14,25H,1-4H3. The number of nitrogens with zero attached hydrogens (tertiary/aromatic N) is 1. The van der Waals surface area contributed by atoms with Gasteiger partial charge >= 0.3 is 0 Å². The maximum atomic E-state index is 13.1. The molecule has 0 bridgehead atoms. The minimum absolute atomic E-state index is 0.0870. The van der Waals surface area contributed by atoms with Gasteiger partial charge in [0.2, 0.25) is 0 Å². The van der Waals surface area contributed by atoms with Crippen LogP contribution in [0.25, 0.3) is 0 Å². The van der Waals surface area contributed by atoms with Gasteiger partial charge in [-0.15, -0.1) is 0 Å². The maximum Gasteiger partial charge on any atom is 0.262 e. The average Bonchev–Trinajstić information content (AvgIpc) is 2.82. The molecule has 0 fully saturated rings. The Hall–Kier alpha value is -3.43. The largest absolute Gasteiger partial charge is 0.495 e. The van der Waals surface area contributed by atoms with E-state index in [9.17, 15) is 13.2 Å². The monoisotopic (exact) mass is 490 g/mol. The summed E-state index contributed by atoms with van der Waals surface area (Å²) < 4.78 is 44.1. The van der Waals surface area contributed by atoms with E-state index in [0.717, 1.165) is 0 Å². The van der Waals surface area contributed by atoms with Crippen LogP contribution in [0, 0.1) is 0 Å². The lowest BCUT2D eigenvalue weighted by Gasteiger charge is -2.19. The molecule has 0 saturated heterocycles. The van der Waals surface area contributed by atoms with Gasteiger partial charge < -0.3 is 19.1 Å². The summed E-state index contributed by atoms with van der Waals surface area (Å²) in [4.78, 5) is 14.4. The molecular weight excluding hydrogens is 468 g/mol. The summed E-state index contributed by atoms with van der Waals surface area (Å²) in [5.74, 6) is 0.895. The van der Waals surface area contributed by atoms with Crippen molar-refractivity contribution in [1.82, 2.24) is 0 Å². The molecule has 3 aromatic carbocycles. The summed E-state index contributed by atoms with van der Waals surface area (Å²) in [6, 6.07) is 15.4. The van der Waals surface area contributed by atoms with Crippen LogP contribution < -0.4 is 23.8 Å². The molecule has 1 amide bonds. The third-order valence-electron chi connectivity index (χ3n) is 4.86. The number of hydrogen-bond acceptors (Lipinski definition) is 6. The van der Waals surface area contributed by atoms with Gasteiger partial charge in [0.1, 0.15) is 5.75 Å². The Kier molecular flexibility index (Phi) is 7.35. The molecule has 10 heteroatoms. The minimum Gasteiger partial charge on any atom is -0.495 e. The van der Waals surface area contributed by atoms with Crippen molar-refractivity contribution in [2.24, 2.45) is 0 Å². The van der Waals surface area contributed by atoms with E-state index in [1.165, 1.54) is 50.5 Å². The molecule has 3 aromatic rings. The van der Waals surface area contributed by atoms with Crippen molar-refractivity contribution in [1.29, 1.82) is 0 Å². The van der Waals surface area contributed by atoms with Crippen LogP contribution in [0.4, 0.5) is 11.4 Å². The van der Waals surface area contributed by atoms with Gasteiger partial charge in [0.25, 0.3) is 15.9 Å². The first kappa shape index (κ1) is 24.2. The van der Waals surface area contributed by atoms with E-state index in [1.54, 1.807) is 43.4 Å². The van der Waals surface area contributed by atoms with Crippen molar-refractivity contribution in [2.45, 2.75) is 4.90 Å². The Morgan fingerprint density at radius 3 is 2.21 bits per heavy atom. The maximum absolute atomic E-state index is 13.1. The van der Waals surface area contributed by atoms with Crippen molar-refractivity contribution in [3.05, 3.63) is 71.2 Å². The number of carbonyl (C=O) groups excluding carboxylic acids is 1. The predicted octanol–water partition coefficient (Wildman–Crippen LogP) is 4.44. The summed E-state index contributed by atoms with van der Waals surface area (Å²) in [6.45, 7) is 0. The van der Waals surface area contributed by atoms with Crippen LogP contribution in [0.2, 0.25) is 5.02 Å². The first-order valence-corrected chi connectivity index (χ1v) is 11.5. The molecule has 174 valence electrons. The molecule has 0 aliphatic rings. The fourth-order valence-electron chi connectivity index (χ4n) is 3.10. The minimum atomic E-state index is -4.02. The summed E-state index contributed by atoms with van der Waals surface area (Å²) in [5, 5.41) is 0.342. The SMILES string of the molecule is COc1ccc(Cl)cc1NS(=O)(=O)c1cccc(C(=O)N(C)c2ccc(OC)c(OC)c2)c1. The molecule has 0 aliphatic heterocycles. The van der Waals surface area contributed by atoms with E-state index in [1.807, 2.05) is 0 Å². The van der Waals surface area contributed by atoms with Gasteiger partial charge in [-0.1, -0.05) is 17.7 Å². The third kappa shape index (κ3) is 5.32. The highest BCUT2D eigenvalue weighted by Gasteiger charge is 2.21. The molecule has 0 spiro atoms. The summed E-state index contributed by atoms with van der Waals surface area (Å²) in [5.41, 5.74) is 0.921. The second kappa shape index (κ2) is 10.0. The van der Waals surface area contributed by atoms with Gasteiger partial charge in [-0.25, -0.2) is 8.42 Å². The van der Waals surface area contributed by atoms with Crippen molar-refractivity contribution in [2.75, 3.05) is 38.0 Å². The molecule has 0 unspecified atom stereocenters. The first-order valence-electron chi connectivity index (χ1n) is 9.66. The van der Waals surface area contributed by atoms with E-state index < -0.39 is 15.9 Å². The lowest BCUT2D eigenvalue weighted by atomic mass is 10.2. The number of sulfonamides is 1. The summed E-state index contributed by atoms with van der Waals surface area (Å²) in [6.07, 6.45) is 0. The number of benzene rings is 3. The van der Waals surface area contributed by atoms with Crippen molar-refractivity contribution in [3.63, 3.8) is 0 Å². The second-order valence-electron chi connectivity index (χ2n) is 6.88. The second-order valence-corrected chi connectivity index (χ2v) is 9.00. The van der Waals surface area contributed by atoms with Gasteiger partial charge in [0.05, 0.1) is 31.9 Å². The van der Waals surface area contributed by atoms with Crippen LogP contribution >= 0.6 is 11.6 Å². The Morgan fingerprint density at radius 1 is 0.879 bits per heavy atom. The van der Waals surface area contributed by atoms with Gasteiger partial charge in [0, 0.05) is 29.4 Å². The normalized spacial score (nSPS) is 10.9. The molecule has 1 N–H and O–H groups in total. The summed E-state index contributed by atoms with van der Waals surface area (Å²) in [7, 11) is 2.00. The number of nitrogens with one attached hydrogen (secondary N) is 1. The number of rotatable bonds is 8. The highest BCUT2D eigenvalue weighted by atomic mass is 35.5. The molecule has 0 aromatic heterocycles. The molecular formula is C23H23ClN2O6S. The molecule has 0 atom stereocenters.